The topological polar surface area (TPSA) is 20.2 Å². The van der Waals surface area contributed by atoms with Gasteiger partial charge >= 0.3 is 0 Å². The van der Waals surface area contributed by atoms with Gasteiger partial charge in [0.15, 0.2) is 12.3 Å². The van der Waals surface area contributed by atoms with Crippen molar-refractivity contribution in [1.82, 2.24) is 0 Å². The third-order valence-corrected chi connectivity index (χ3v) is 0.816. The molecule has 0 amide bonds. The maximum absolute atomic E-state index is 11.3. The second-order valence-corrected chi connectivity index (χ2v) is 1.38. The lowest BCUT2D eigenvalue weighted by atomic mass is 10.8. The first-order valence-electron chi connectivity index (χ1n) is 1.69. The predicted molar refractivity (Wildman–Crippen MR) is 15.8 cm³/mol. The molecule has 0 heterocycles. The zero-order valence-corrected chi connectivity index (χ0v) is 2.94. The minimum Gasteiger partial charge on any atom is -0.387 e. The average molecular weight is 94.1 g/mol. The molecule has 2 atom stereocenters. The molecule has 1 fully saturated rings. The maximum atomic E-state index is 11.3. The van der Waals surface area contributed by atoms with Crippen molar-refractivity contribution in [2.45, 2.75) is 18.4 Å². The highest BCUT2D eigenvalue weighted by atomic mass is 19.2. The highest BCUT2D eigenvalue weighted by molar-refractivity contribution is 4.98. The molecule has 0 spiro atoms. The molecule has 1 aliphatic carbocycles. The largest absolute Gasteiger partial charge is 0.387 e. The summed E-state index contributed by atoms with van der Waals surface area (Å²) < 4.78 is 22.5. The molecule has 0 bridgehead atoms. The quantitative estimate of drug-likeness (QED) is 0.449. The first-order valence-corrected chi connectivity index (χ1v) is 1.69. The summed E-state index contributed by atoms with van der Waals surface area (Å²) >= 11 is 0. The number of rotatable bonds is 0. The number of aliphatic hydroxyl groups excluding tert-OH is 1. The second-order valence-electron chi connectivity index (χ2n) is 1.38. The van der Waals surface area contributed by atoms with Crippen molar-refractivity contribution in [2.24, 2.45) is 0 Å². The summed E-state index contributed by atoms with van der Waals surface area (Å²) in [5, 5.41) is 7.95. The van der Waals surface area contributed by atoms with Crippen molar-refractivity contribution in [3.8, 4) is 0 Å². The van der Waals surface area contributed by atoms with Crippen LogP contribution in [0.25, 0.3) is 0 Å². The Morgan fingerprint density at radius 3 is 1.33 bits per heavy atom. The molecule has 1 aliphatic rings. The molecule has 1 nitrogen and oxygen atoms in total. The molecular weight excluding hydrogens is 90.0 g/mol. The van der Waals surface area contributed by atoms with Gasteiger partial charge in [-0.15, -0.1) is 0 Å². The Labute approximate surface area is 33.6 Å². The van der Waals surface area contributed by atoms with Crippen LogP contribution in [-0.2, 0) is 0 Å². The summed E-state index contributed by atoms with van der Waals surface area (Å²) in [4.78, 5) is 0. The van der Waals surface area contributed by atoms with E-state index in [1.807, 2.05) is 0 Å². The van der Waals surface area contributed by atoms with Crippen LogP contribution in [0.2, 0.25) is 0 Å². The fraction of sp³-hybridized carbons (Fsp3) is 1.00. The van der Waals surface area contributed by atoms with Crippen LogP contribution in [0.15, 0.2) is 0 Å². The van der Waals surface area contributed by atoms with Crippen LogP contribution in [0.1, 0.15) is 0 Å². The SMILES string of the molecule is OC1C(F)C1F. The molecule has 0 radical (unpaired) electrons. The van der Waals surface area contributed by atoms with E-state index in [9.17, 15) is 8.78 Å². The van der Waals surface area contributed by atoms with Crippen LogP contribution < -0.4 is 0 Å². The van der Waals surface area contributed by atoms with Gasteiger partial charge in [-0.05, 0) is 0 Å². The van der Waals surface area contributed by atoms with Crippen molar-refractivity contribution in [3.63, 3.8) is 0 Å². The Hall–Kier alpha value is -0.180. The molecule has 3 heteroatoms. The first-order chi connectivity index (χ1) is 2.73. The molecule has 36 valence electrons. The van der Waals surface area contributed by atoms with Crippen LogP contribution in [0, 0.1) is 0 Å². The minimum absolute atomic E-state index is 1.31. The van der Waals surface area contributed by atoms with Crippen molar-refractivity contribution in [2.75, 3.05) is 0 Å². The van der Waals surface area contributed by atoms with Gasteiger partial charge < -0.3 is 5.11 Å². The summed E-state index contributed by atoms with van der Waals surface area (Å²) in [5.41, 5.74) is 0. The zero-order valence-electron chi connectivity index (χ0n) is 2.94. The highest BCUT2D eigenvalue weighted by Crippen LogP contribution is 2.29. The predicted octanol–water partition coefficient (Wildman–Crippen LogP) is 0.0371. The summed E-state index contributed by atoms with van der Waals surface area (Å²) in [5.74, 6) is 0. The van der Waals surface area contributed by atoms with E-state index < -0.39 is 18.4 Å². The van der Waals surface area contributed by atoms with Gasteiger partial charge in [0, 0.05) is 0 Å². The molecule has 1 rings (SSSR count). The summed E-state index contributed by atoms with van der Waals surface area (Å²) in [7, 11) is 0. The Balaban J connectivity index is 2.31. The van der Waals surface area contributed by atoms with Gasteiger partial charge in [0.1, 0.15) is 6.10 Å². The van der Waals surface area contributed by atoms with Gasteiger partial charge in [0.05, 0.1) is 0 Å². The molecule has 6 heavy (non-hydrogen) atoms. The monoisotopic (exact) mass is 94.0 g/mol. The molecule has 0 aromatic heterocycles. The van der Waals surface area contributed by atoms with Crippen LogP contribution in [-0.4, -0.2) is 23.6 Å². The zero-order chi connectivity index (χ0) is 4.73. The maximum Gasteiger partial charge on any atom is 0.163 e. The third kappa shape index (κ3) is 0.315. The van der Waals surface area contributed by atoms with Gasteiger partial charge in [-0.1, -0.05) is 0 Å². The number of hydrogen-bond donors (Lipinski definition) is 1. The van der Waals surface area contributed by atoms with E-state index in [1.54, 1.807) is 0 Å². The van der Waals surface area contributed by atoms with Gasteiger partial charge in [-0.3, -0.25) is 0 Å². The molecule has 1 saturated carbocycles. The van der Waals surface area contributed by atoms with Gasteiger partial charge in [0.2, 0.25) is 0 Å². The van der Waals surface area contributed by atoms with E-state index in [-0.39, 0.29) is 0 Å². The molecular formula is C3H4F2O. The fourth-order valence-electron chi connectivity index (χ4n) is 0.226. The van der Waals surface area contributed by atoms with Crippen molar-refractivity contribution in [1.29, 1.82) is 0 Å². The molecule has 0 aliphatic heterocycles. The van der Waals surface area contributed by atoms with Crippen LogP contribution in [0.5, 0.6) is 0 Å². The molecule has 0 aromatic rings. The Morgan fingerprint density at radius 1 is 1.17 bits per heavy atom. The summed E-state index contributed by atoms with van der Waals surface area (Å²) in [6, 6.07) is 0. The molecule has 0 saturated heterocycles. The molecule has 1 N–H and O–H groups in total. The van der Waals surface area contributed by atoms with Gasteiger partial charge in [-0.25, -0.2) is 8.78 Å². The van der Waals surface area contributed by atoms with E-state index >= 15 is 0 Å². The van der Waals surface area contributed by atoms with E-state index in [0.29, 0.717) is 0 Å². The lowest BCUT2D eigenvalue weighted by molar-refractivity contribution is 0.224. The van der Waals surface area contributed by atoms with Gasteiger partial charge in [-0.2, -0.15) is 0 Å². The lowest BCUT2D eigenvalue weighted by Gasteiger charge is -1.64. The number of alkyl halides is 2. The van der Waals surface area contributed by atoms with Crippen molar-refractivity contribution >= 4 is 0 Å². The van der Waals surface area contributed by atoms with E-state index in [1.165, 1.54) is 0 Å². The van der Waals surface area contributed by atoms with Crippen LogP contribution in [0.4, 0.5) is 8.78 Å². The van der Waals surface area contributed by atoms with E-state index in [4.69, 9.17) is 5.11 Å². The Bertz CT molecular complexity index is 45.5. The third-order valence-electron chi connectivity index (χ3n) is 0.816. The van der Waals surface area contributed by atoms with Crippen molar-refractivity contribution < 1.29 is 13.9 Å². The first kappa shape index (κ1) is 3.99. The van der Waals surface area contributed by atoms with E-state index in [2.05, 4.69) is 0 Å². The standard InChI is InChI=1S/C3H4F2O/c4-1-2(5)3(1)6/h1-3,6H. The minimum atomic E-state index is -1.59. The fourth-order valence-corrected chi connectivity index (χ4v) is 0.226. The van der Waals surface area contributed by atoms with Gasteiger partial charge in [0.25, 0.3) is 0 Å². The van der Waals surface area contributed by atoms with Crippen molar-refractivity contribution in [3.05, 3.63) is 0 Å². The number of hydrogen-bond acceptors (Lipinski definition) is 1. The Morgan fingerprint density at radius 2 is 1.33 bits per heavy atom. The molecule has 2 unspecified atom stereocenters. The summed E-state index contributed by atoms with van der Waals surface area (Å²) in [6.45, 7) is 0. The summed E-state index contributed by atoms with van der Waals surface area (Å²) in [6.07, 6.45) is -4.50. The van der Waals surface area contributed by atoms with E-state index in [0.717, 1.165) is 0 Å². The normalized spacial score (nSPS) is 55.5. The highest BCUT2D eigenvalue weighted by Gasteiger charge is 2.51. The second kappa shape index (κ2) is 0.904. The number of halogens is 2. The smallest absolute Gasteiger partial charge is 0.163 e. The van der Waals surface area contributed by atoms with Crippen LogP contribution in [0.3, 0.4) is 0 Å². The molecule has 0 aromatic carbocycles. The van der Waals surface area contributed by atoms with Crippen LogP contribution >= 0.6 is 0 Å². The Kier molecular flexibility index (Phi) is 0.602. The average Bonchev–Trinajstić information content (AvgIpc) is 1.94. The lowest BCUT2D eigenvalue weighted by Crippen LogP contribution is -1.80. The number of aliphatic hydroxyl groups is 1.